The molecule has 0 radical (unpaired) electrons. The summed E-state index contributed by atoms with van der Waals surface area (Å²) in [5, 5.41) is 8.04. The second-order valence-electron chi connectivity index (χ2n) is 6.19. The fraction of sp³-hybridized carbons (Fsp3) is 0.200. The van der Waals surface area contributed by atoms with E-state index in [-0.39, 0.29) is 0 Å². The molecule has 0 fully saturated rings. The first-order chi connectivity index (χ1) is 12.2. The Hall–Kier alpha value is -2.17. The number of nitrogens with one attached hydrogen (secondary N) is 1. The van der Waals surface area contributed by atoms with Crippen molar-refractivity contribution in [3.05, 3.63) is 69.6 Å². The molecule has 0 unspecified atom stereocenters. The summed E-state index contributed by atoms with van der Waals surface area (Å²) in [6.07, 6.45) is 3.65. The summed E-state index contributed by atoms with van der Waals surface area (Å²) in [6, 6.07) is 14.4. The van der Waals surface area contributed by atoms with Gasteiger partial charge in [0, 0.05) is 16.0 Å². The second-order valence-corrected chi connectivity index (χ2v) is 7.49. The van der Waals surface area contributed by atoms with Crippen molar-refractivity contribution in [1.29, 1.82) is 0 Å². The molecule has 0 spiro atoms. The summed E-state index contributed by atoms with van der Waals surface area (Å²) in [6.45, 7) is 2.03. The summed E-state index contributed by atoms with van der Waals surface area (Å²) >= 11 is 7.48. The van der Waals surface area contributed by atoms with E-state index in [0.29, 0.717) is 0 Å². The largest absolute Gasteiger partial charge is 0.252 e. The van der Waals surface area contributed by atoms with Crippen LogP contribution in [0, 0.1) is 0 Å². The van der Waals surface area contributed by atoms with Gasteiger partial charge >= 0.3 is 0 Å². The summed E-state index contributed by atoms with van der Waals surface area (Å²) in [7, 11) is 0. The Morgan fingerprint density at radius 3 is 2.76 bits per heavy atom. The SMILES string of the molecule is CC(=NNc1nc(-c2ccc(Cl)cc2)cs1)c1ccc2c(c1)CCC2. The lowest BCUT2D eigenvalue weighted by atomic mass is 10.0. The number of rotatable bonds is 4. The van der Waals surface area contributed by atoms with Gasteiger partial charge in [0.1, 0.15) is 0 Å². The zero-order valence-corrected chi connectivity index (χ0v) is 15.5. The number of hydrogen-bond acceptors (Lipinski definition) is 4. The molecule has 2 aromatic carbocycles. The number of halogens is 1. The Morgan fingerprint density at radius 2 is 1.92 bits per heavy atom. The van der Waals surface area contributed by atoms with Crippen molar-refractivity contribution in [1.82, 2.24) is 4.98 Å². The smallest absolute Gasteiger partial charge is 0.203 e. The molecule has 3 nitrogen and oxygen atoms in total. The minimum atomic E-state index is 0.729. The first-order valence-electron chi connectivity index (χ1n) is 8.33. The molecule has 5 heteroatoms. The van der Waals surface area contributed by atoms with Crippen LogP contribution in [0.15, 0.2) is 52.9 Å². The van der Waals surface area contributed by atoms with Crippen LogP contribution >= 0.6 is 22.9 Å². The van der Waals surface area contributed by atoms with Crippen LogP contribution in [0.1, 0.15) is 30.0 Å². The average molecular weight is 368 g/mol. The van der Waals surface area contributed by atoms with Crippen LogP contribution in [-0.2, 0) is 12.8 Å². The highest BCUT2D eigenvalue weighted by molar-refractivity contribution is 7.14. The van der Waals surface area contributed by atoms with E-state index in [1.807, 2.05) is 36.6 Å². The third-order valence-corrected chi connectivity index (χ3v) is 5.48. The van der Waals surface area contributed by atoms with Crippen molar-refractivity contribution in [3.8, 4) is 11.3 Å². The molecule has 0 aliphatic heterocycles. The number of nitrogens with zero attached hydrogens (tertiary/aromatic N) is 2. The number of hydrazone groups is 1. The van der Waals surface area contributed by atoms with Crippen molar-refractivity contribution >= 4 is 33.8 Å². The van der Waals surface area contributed by atoms with Crippen LogP contribution in [0.5, 0.6) is 0 Å². The predicted molar refractivity (Wildman–Crippen MR) is 107 cm³/mol. The van der Waals surface area contributed by atoms with Crippen molar-refractivity contribution in [2.24, 2.45) is 5.10 Å². The molecule has 1 aliphatic carbocycles. The third-order valence-electron chi connectivity index (χ3n) is 4.48. The lowest BCUT2D eigenvalue weighted by molar-refractivity contribution is 0.912. The summed E-state index contributed by atoms with van der Waals surface area (Å²) in [4.78, 5) is 4.59. The topological polar surface area (TPSA) is 37.3 Å². The van der Waals surface area contributed by atoms with E-state index in [1.165, 1.54) is 36.0 Å². The van der Waals surface area contributed by atoms with Gasteiger partial charge in [0.25, 0.3) is 0 Å². The molecule has 0 saturated carbocycles. The Bertz CT molecular complexity index is 928. The Balaban J connectivity index is 1.49. The molecular weight excluding hydrogens is 350 g/mol. The van der Waals surface area contributed by atoms with Crippen LogP contribution in [-0.4, -0.2) is 10.7 Å². The highest BCUT2D eigenvalue weighted by Crippen LogP contribution is 2.26. The fourth-order valence-electron chi connectivity index (χ4n) is 3.07. The van der Waals surface area contributed by atoms with E-state index in [2.05, 4.69) is 33.7 Å². The van der Waals surface area contributed by atoms with Gasteiger partial charge in [0.2, 0.25) is 5.13 Å². The van der Waals surface area contributed by atoms with Gasteiger partial charge in [-0.25, -0.2) is 4.98 Å². The van der Waals surface area contributed by atoms with Gasteiger partial charge < -0.3 is 0 Å². The normalized spacial score (nSPS) is 13.8. The van der Waals surface area contributed by atoms with Gasteiger partial charge in [-0.1, -0.05) is 35.9 Å². The molecule has 1 aliphatic rings. The minimum Gasteiger partial charge on any atom is -0.252 e. The molecule has 126 valence electrons. The number of hydrogen-bond donors (Lipinski definition) is 1. The highest BCUT2D eigenvalue weighted by atomic mass is 35.5. The van der Waals surface area contributed by atoms with Gasteiger partial charge in [-0.05, 0) is 61.1 Å². The van der Waals surface area contributed by atoms with Crippen LogP contribution < -0.4 is 5.43 Å². The molecule has 0 atom stereocenters. The number of benzene rings is 2. The molecule has 1 heterocycles. The molecular formula is C20H18ClN3S. The first kappa shape index (κ1) is 16.3. The molecule has 3 aromatic rings. The van der Waals surface area contributed by atoms with Crippen LogP contribution in [0.2, 0.25) is 5.02 Å². The van der Waals surface area contributed by atoms with E-state index in [4.69, 9.17) is 11.6 Å². The lowest BCUT2D eigenvalue weighted by Crippen LogP contribution is -2.00. The standard InChI is InChI=1S/C20H18ClN3S/c1-13(16-6-5-14-3-2-4-17(14)11-16)23-24-20-22-19(12-25-20)15-7-9-18(21)10-8-15/h5-12H,2-4H2,1H3,(H,22,24). The monoisotopic (exact) mass is 367 g/mol. The number of aromatic nitrogens is 1. The Labute approximate surface area is 156 Å². The number of fused-ring (bicyclic) bond motifs is 1. The Kier molecular flexibility index (Phi) is 4.55. The minimum absolute atomic E-state index is 0.729. The fourth-order valence-corrected chi connectivity index (χ4v) is 3.86. The van der Waals surface area contributed by atoms with Crippen molar-refractivity contribution in [3.63, 3.8) is 0 Å². The molecule has 1 N–H and O–H groups in total. The predicted octanol–water partition coefficient (Wildman–Crippen LogP) is 5.79. The van der Waals surface area contributed by atoms with E-state index in [0.717, 1.165) is 27.1 Å². The maximum absolute atomic E-state index is 5.93. The van der Waals surface area contributed by atoms with Gasteiger partial charge in [-0.15, -0.1) is 11.3 Å². The average Bonchev–Trinajstić information content (AvgIpc) is 3.29. The molecule has 0 amide bonds. The van der Waals surface area contributed by atoms with Crippen LogP contribution in [0.3, 0.4) is 0 Å². The quantitative estimate of drug-likeness (QED) is 0.468. The number of thiazole rings is 1. The van der Waals surface area contributed by atoms with Crippen molar-refractivity contribution in [2.45, 2.75) is 26.2 Å². The van der Waals surface area contributed by atoms with E-state index < -0.39 is 0 Å². The molecule has 0 bridgehead atoms. The van der Waals surface area contributed by atoms with Gasteiger partial charge in [0.05, 0.1) is 11.4 Å². The van der Waals surface area contributed by atoms with Crippen LogP contribution in [0.25, 0.3) is 11.3 Å². The first-order valence-corrected chi connectivity index (χ1v) is 9.59. The molecule has 0 saturated heterocycles. The lowest BCUT2D eigenvalue weighted by Gasteiger charge is -2.05. The second kappa shape index (κ2) is 6.98. The molecule has 1 aromatic heterocycles. The Morgan fingerprint density at radius 1 is 1.12 bits per heavy atom. The van der Waals surface area contributed by atoms with Gasteiger partial charge in [-0.2, -0.15) is 5.10 Å². The summed E-state index contributed by atoms with van der Waals surface area (Å²) in [5.41, 5.74) is 10.1. The van der Waals surface area contributed by atoms with Crippen molar-refractivity contribution < 1.29 is 0 Å². The third kappa shape index (κ3) is 3.60. The highest BCUT2D eigenvalue weighted by Gasteiger charge is 2.11. The maximum Gasteiger partial charge on any atom is 0.203 e. The maximum atomic E-state index is 5.93. The zero-order chi connectivity index (χ0) is 17.2. The van der Waals surface area contributed by atoms with Gasteiger partial charge in [-0.3, -0.25) is 5.43 Å². The molecule has 25 heavy (non-hydrogen) atoms. The van der Waals surface area contributed by atoms with E-state index >= 15 is 0 Å². The van der Waals surface area contributed by atoms with E-state index in [9.17, 15) is 0 Å². The molecule has 4 rings (SSSR count). The zero-order valence-electron chi connectivity index (χ0n) is 13.9. The number of aryl methyl sites for hydroxylation is 2. The van der Waals surface area contributed by atoms with E-state index in [1.54, 1.807) is 11.3 Å². The summed E-state index contributed by atoms with van der Waals surface area (Å²) < 4.78 is 0. The van der Waals surface area contributed by atoms with Crippen LogP contribution in [0.4, 0.5) is 5.13 Å². The van der Waals surface area contributed by atoms with Crippen molar-refractivity contribution in [2.75, 3.05) is 5.43 Å². The van der Waals surface area contributed by atoms with Gasteiger partial charge in [0.15, 0.2) is 0 Å². The summed E-state index contributed by atoms with van der Waals surface area (Å²) in [5.74, 6) is 0. The number of anilines is 1.